The number of nitrogens with zero attached hydrogens (tertiary/aromatic N) is 1. The van der Waals surface area contributed by atoms with E-state index in [1.54, 1.807) is 13.0 Å². The fourth-order valence-electron chi connectivity index (χ4n) is 1.01. The number of aliphatic carboxylic acids is 1. The van der Waals surface area contributed by atoms with Crippen LogP contribution in [0, 0.1) is 0 Å². The smallest absolute Gasteiger partial charge is 0.344 e. The van der Waals surface area contributed by atoms with Crippen LogP contribution >= 0.6 is 15.9 Å². The summed E-state index contributed by atoms with van der Waals surface area (Å²) in [5.41, 5.74) is 1.63. The van der Waals surface area contributed by atoms with Crippen LogP contribution in [0.5, 0.6) is 0 Å². The Kier molecular flexibility index (Phi) is 5.42. The summed E-state index contributed by atoms with van der Waals surface area (Å²) in [4.78, 5) is 14.8. The molecule has 5 heteroatoms. The molecular formula is C12H12BrNO3. The normalized spacial score (nSPS) is 11.8. The number of hydrogen-bond acceptors (Lipinski definition) is 3. The third-order valence-electron chi connectivity index (χ3n) is 1.78. The van der Waals surface area contributed by atoms with Crippen molar-refractivity contribution < 1.29 is 14.7 Å². The topological polar surface area (TPSA) is 58.9 Å². The zero-order chi connectivity index (χ0) is 12.7. The highest BCUT2D eigenvalue weighted by molar-refractivity contribution is 9.10. The SMILES string of the molecule is CC(/C=C/c1ccc(Br)cc1)=N\OCC(=O)O. The summed E-state index contributed by atoms with van der Waals surface area (Å²) in [5.74, 6) is -1.04. The first-order valence-electron chi connectivity index (χ1n) is 4.90. The van der Waals surface area contributed by atoms with Crippen LogP contribution in [0.2, 0.25) is 0 Å². The number of oxime groups is 1. The van der Waals surface area contributed by atoms with Crippen LogP contribution in [-0.2, 0) is 9.63 Å². The minimum Gasteiger partial charge on any atom is -0.479 e. The Morgan fingerprint density at radius 2 is 2.12 bits per heavy atom. The van der Waals surface area contributed by atoms with Crippen molar-refractivity contribution in [3.05, 3.63) is 40.4 Å². The number of hydrogen-bond donors (Lipinski definition) is 1. The second kappa shape index (κ2) is 6.85. The van der Waals surface area contributed by atoms with Gasteiger partial charge >= 0.3 is 5.97 Å². The minimum absolute atomic E-state index is 0.427. The molecule has 0 aliphatic rings. The van der Waals surface area contributed by atoms with Gasteiger partial charge in [0.15, 0.2) is 0 Å². The van der Waals surface area contributed by atoms with Gasteiger partial charge in [-0.25, -0.2) is 4.79 Å². The van der Waals surface area contributed by atoms with E-state index in [1.165, 1.54) is 0 Å². The van der Waals surface area contributed by atoms with Gasteiger partial charge in [0, 0.05) is 4.47 Å². The van der Waals surface area contributed by atoms with Crippen LogP contribution in [0.4, 0.5) is 0 Å². The molecule has 0 bridgehead atoms. The Morgan fingerprint density at radius 3 is 2.71 bits per heavy atom. The van der Waals surface area contributed by atoms with Crippen molar-refractivity contribution in [2.75, 3.05) is 6.61 Å². The second-order valence-corrected chi connectivity index (χ2v) is 4.20. The summed E-state index contributed by atoms with van der Waals surface area (Å²) in [5, 5.41) is 12.0. The van der Waals surface area contributed by atoms with Gasteiger partial charge in [0.2, 0.25) is 6.61 Å². The van der Waals surface area contributed by atoms with Crippen molar-refractivity contribution in [3.63, 3.8) is 0 Å². The van der Waals surface area contributed by atoms with Crippen molar-refractivity contribution in [3.8, 4) is 0 Å². The zero-order valence-electron chi connectivity index (χ0n) is 9.26. The van der Waals surface area contributed by atoms with Crippen molar-refractivity contribution in [1.29, 1.82) is 0 Å². The van der Waals surface area contributed by atoms with Crippen LogP contribution in [0.1, 0.15) is 12.5 Å². The lowest BCUT2D eigenvalue weighted by Gasteiger charge is -1.96. The molecule has 1 aromatic rings. The number of carbonyl (C=O) groups is 1. The van der Waals surface area contributed by atoms with Crippen molar-refractivity contribution in [1.82, 2.24) is 0 Å². The molecule has 0 spiro atoms. The standard InChI is InChI=1S/C12H12BrNO3/c1-9(14-17-8-12(15)16)2-3-10-4-6-11(13)7-5-10/h2-7H,8H2,1H3,(H,15,16)/b3-2+,14-9+. The zero-order valence-corrected chi connectivity index (χ0v) is 10.8. The van der Waals surface area contributed by atoms with Gasteiger partial charge in [-0.05, 0) is 30.7 Å². The maximum atomic E-state index is 10.2. The van der Waals surface area contributed by atoms with E-state index in [1.807, 2.05) is 30.3 Å². The number of carboxylic acid groups (broad SMARTS) is 1. The van der Waals surface area contributed by atoms with Crippen molar-refractivity contribution in [2.24, 2.45) is 5.16 Å². The monoisotopic (exact) mass is 297 g/mol. The Labute approximate surface area is 108 Å². The van der Waals surface area contributed by atoms with Crippen LogP contribution in [0.3, 0.4) is 0 Å². The molecule has 1 N–H and O–H groups in total. The predicted molar refractivity (Wildman–Crippen MR) is 69.9 cm³/mol. The minimum atomic E-state index is -1.04. The maximum Gasteiger partial charge on any atom is 0.344 e. The van der Waals surface area contributed by atoms with Crippen LogP contribution < -0.4 is 0 Å². The highest BCUT2D eigenvalue weighted by Gasteiger charge is 1.94. The van der Waals surface area contributed by atoms with Crippen molar-refractivity contribution >= 4 is 33.7 Å². The molecule has 0 radical (unpaired) electrons. The van der Waals surface area contributed by atoms with E-state index in [0.717, 1.165) is 10.0 Å². The van der Waals surface area contributed by atoms with Gasteiger partial charge in [-0.15, -0.1) is 0 Å². The lowest BCUT2D eigenvalue weighted by atomic mass is 10.2. The molecule has 0 atom stereocenters. The molecule has 0 aliphatic carbocycles. The average Bonchev–Trinajstić information content (AvgIpc) is 2.28. The van der Waals surface area contributed by atoms with Gasteiger partial charge in [0.25, 0.3) is 0 Å². The molecule has 0 heterocycles. The van der Waals surface area contributed by atoms with Gasteiger partial charge in [-0.2, -0.15) is 0 Å². The van der Waals surface area contributed by atoms with E-state index in [2.05, 4.69) is 25.9 Å². The third-order valence-corrected chi connectivity index (χ3v) is 2.31. The van der Waals surface area contributed by atoms with Gasteiger partial charge < -0.3 is 9.94 Å². The summed E-state index contributed by atoms with van der Waals surface area (Å²) in [7, 11) is 0. The maximum absolute atomic E-state index is 10.2. The fourth-order valence-corrected chi connectivity index (χ4v) is 1.27. The van der Waals surface area contributed by atoms with E-state index in [4.69, 9.17) is 5.11 Å². The number of benzene rings is 1. The largest absolute Gasteiger partial charge is 0.479 e. The van der Waals surface area contributed by atoms with Gasteiger partial charge in [-0.3, -0.25) is 0 Å². The van der Waals surface area contributed by atoms with E-state index >= 15 is 0 Å². The molecule has 0 unspecified atom stereocenters. The predicted octanol–water partition coefficient (Wildman–Crippen LogP) is 2.94. The Balaban J connectivity index is 2.52. The molecule has 0 aromatic heterocycles. The van der Waals surface area contributed by atoms with E-state index in [-0.39, 0.29) is 0 Å². The molecule has 17 heavy (non-hydrogen) atoms. The quantitative estimate of drug-likeness (QED) is 0.671. The molecule has 0 fully saturated rings. The molecule has 1 rings (SSSR count). The summed E-state index contributed by atoms with van der Waals surface area (Å²) in [6.45, 7) is 1.31. The van der Waals surface area contributed by atoms with Gasteiger partial charge in [0.05, 0.1) is 5.71 Å². The number of halogens is 1. The Hall–Kier alpha value is -1.62. The lowest BCUT2D eigenvalue weighted by molar-refractivity contribution is -0.142. The Bertz CT molecular complexity index is 438. The summed E-state index contributed by atoms with van der Waals surface area (Å²) < 4.78 is 1.02. The Morgan fingerprint density at radius 1 is 1.47 bits per heavy atom. The third kappa shape index (κ3) is 5.87. The molecule has 0 amide bonds. The fraction of sp³-hybridized carbons (Fsp3) is 0.167. The summed E-state index contributed by atoms with van der Waals surface area (Å²) in [6, 6.07) is 7.78. The van der Waals surface area contributed by atoms with E-state index < -0.39 is 12.6 Å². The summed E-state index contributed by atoms with van der Waals surface area (Å²) in [6.07, 6.45) is 3.63. The van der Waals surface area contributed by atoms with Crippen LogP contribution in [0.15, 0.2) is 40.0 Å². The van der Waals surface area contributed by atoms with Gasteiger partial charge in [0.1, 0.15) is 0 Å². The molecule has 0 aliphatic heterocycles. The highest BCUT2D eigenvalue weighted by Crippen LogP contribution is 2.11. The molecule has 1 aromatic carbocycles. The highest BCUT2D eigenvalue weighted by atomic mass is 79.9. The summed E-state index contributed by atoms with van der Waals surface area (Å²) >= 11 is 3.35. The first-order valence-corrected chi connectivity index (χ1v) is 5.69. The van der Waals surface area contributed by atoms with E-state index in [9.17, 15) is 4.79 Å². The van der Waals surface area contributed by atoms with Gasteiger partial charge in [-0.1, -0.05) is 39.3 Å². The average molecular weight is 298 g/mol. The number of allylic oxidation sites excluding steroid dienone is 1. The lowest BCUT2D eigenvalue weighted by Crippen LogP contribution is -2.04. The second-order valence-electron chi connectivity index (χ2n) is 3.28. The first kappa shape index (κ1) is 13.4. The van der Waals surface area contributed by atoms with Crippen molar-refractivity contribution in [2.45, 2.75) is 6.92 Å². The van der Waals surface area contributed by atoms with E-state index in [0.29, 0.717) is 5.71 Å². The molecule has 90 valence electrons. The molecule has 0 saturated heterocycles. The van der Waals surface area contributed by atoms with Crippen LogP contribution in [-0.4, -0.2) is 23.4 Å². The molecular weight excluding hydrogens is 286 g/mol. The van der Waals surface area contributed by atoms with Crippen LogP contribution in [0.25, 0.3) is 6.08 Å². The number of carboxylic acids is 1. The first-order chi connectivity index (χ1) is 8.08. The molecule has 4 nitrogen and oxygen atoms in total. The number of rotatable bonds is 5. The molecule has 0 saturated carbocycles.